The van der Waals surface area contributed by atoms with Gasteiger partial charge in [-0.25, -0.2) is 9.78 Å². The van der Waals surface area contributed by atoms with Gasteiger partial charge in [-0.05, 0) is 28.1 Å². The van der Waals surface area contributed by atoms with Gasteiger partial charge < -0.3 is 9.64 Å². The van der Waals surface area contributed by atoms with Crippen molar-refractivity contribution in [2.75, 3.05) is 38.3 Å². The number of pyridine rings is 1. The molecule has 6 heteroatoms. The number of aromatic nitrogens is 1. The van der Waals surface area contributed by atoms with E-state index in [4.69, 9.17) is 4.74 Å². The van der Waals surface area contributed by atoms with Gasteiger partial charge in [-0.2, -0.15) is 0 Å². The number of rotatable bonds is 1. The van der Waals surface area contributed by atoms with Gasteiger partial charge in [-0.1, -0.05) is 0 Å². The van der Waals surface area contributed by atoms with Crippen molar-refractivity contribution in [3.8, 4) is 0 Å². The summed E-state index contributed by atoms with van der Waals surface area (Å²) < 4.78 is 6.11. The molecule has 0 unspecified atom stereocenters. The van der Waals surface area contributed by atoms with E-state index in [2.05, 4.69) is 20.9 Å². The third-order valence-corrected chi connectivity index (χ3v) is 3.09. The molecule has 92 valence electrons. The zero-order chi connectivity index (χ0) is 12.3. The van der Waals surface area contributed by atoms with E-state index in [1.807, 2.05) is 12.1 Å². The first-order valence-electron chi connectivity index (χ1n) is 5.40. The smallest absolute Gasteiger partial charge is 0.325 e. The number of ether oxygens (including phenoxy) is 1. The molecule has 5 nitrogen and oxygen atoms in total. The van der Waals surface area contributed by atoms with E-state index in [0.717, 1.165) is 4.47 Å². The molecule has 0 N–H and O–H groups in total. The van der Waals surface area contributed by atoms with Crippen molar-refractivity contribution >= 4 is 27.8 Å². The molecule has 0 aromatic carbocycles. The average molecular weight is 300 g/mol. The minimum Gasteiger partial charge on any atom is -0.378 e. The lowest BCUT2D eigenvalue weighted by Gasteiger charge is -2.30. The number of carbonyl (C=O) groups is 1. The van der Waals surface area contributed by atoms with Gasteiger partial charge in [0.05, 0.1) is 13.2 Å². The van der Waals surface area contributed by atoms with Crippen LogP contribution in [0.3, 0.4) is 0 Å². The Bertz CT molecular complexity index is 390. The summed E-state index contributed by atoms with van der Waals surface area (Å²) in [5.74, 6) is 0.643. The van der Waals surface area contributed by atoms with Gasteiger partial charge in [0.25, 0.3) is 0 Å². The molecule has 1 saturated heterocycles. The summed E-state index contributed by atoms with van der Waals surface area (Å²) in [5.41, 5.74) is 0. The molecule has 2 rings (SSSR count). The topological polar surface area (TPSA) is 45.7 Å². The van der Waals surface area contributed by atoms with Crippen molar-refractivity contribution in [2.45, 2.75) is 0 Å². The Balaban J connectivity index is 2.05. The molecule has 0 aliphatic carbocycles. The van der Waals surface area contributed by atoms with Crippen LogP contribution in [0.2, 0.25) is 0 Å². The Kier molecular flexibility index (Phi) is 3.96. The van der Waals surface area contributed by atoms with Crippen molar-refractivity contribution < 1.29 is 9.53 Å². The Morgan fingerprint density at radius 3 is 2.76 bits per heavy atom. The maximum absolute atomic E-state index is 12.1. The molecule has 1 aromatic rings. The first-order valence-corrected chi connectivity index (χ1v) is 6.20. The number of carbonyl (C=O) groups excluding carboxylic acids is 1. The molecule has 1 aliphatic heterocycles. The quantitative estimate of drug-likeness (QED) is 0.793. The summed E-state index contributed by atoms with van der Waals surface area (Å²) in [6.45, 7) is 2.49. The van der Waals surface area contributed by atoms with Crippen LogP contribution in [0.25, 0.3) is 0 Å². The van der Waals surface area contributed by atoms with E-state index in [9.17, 15) is 4.79 Å². The van der Waals surface area contributed by atoms with Gasteiger partial charge in [0, 0.05) is 30.8 Å². The monoisotopic (exact) mass is 299 g/mol. The number of halogens is 1. The van der Waals surface area contributed by atoms with Gasteiger partial charge >= 0.3 is 6.03 Å². The number of urea groups is 1. The second-order valence-corrected chi connectivity index (χ2v) is 4.69. The van der Waals surface area contributed by atoms with Crippen molar-refractivity contribution in [2.24, 2.45) is 0 Å². The molecule has 1 aromatic heterocycles. The van der Waals surface area contributed by atoms with Crippen LogP contribution in [-0.2, 0) is 4.74 Å². The lowest BCUT2D eigenvalue weighted by atomic mass is 10.4. The highest BCUT2D eigenvalue weighted by molar-refractivity contribution is 9.10. The molecule has 2 heterocycles. The zero-order valence-electron chi connectivity index (χ0n) is 9.60. The second-order valence-electron chi connectivity index (χ2n) is 3.78. The highest BCUT2D eigenvalue weighted by Gasteiger charge is 2.21. The summed E-state index contributed by atoms with van der Waals surface area (Å²) >= 11 is 3.32. The number of morpholine rings is 1. The SMILES string of the molecule is CN(C(=O)N1CCOCC1)c1ccc(Br)cn1. The van der Waals surface area contributed by atoms with Crippen molar-refractivity contribution in [3.05, 3.63) is 22.8 Å². The Labute approximate surface area is 108 Å². The lowest BCUT2D eigenvalue weighted by Crippen LogP contribution is -2.47. The van der Waals surface area contributed by atoms with E-state index >= 15 is 0 Å². The first-order chi connectivity index (χ1) is 8.18. The summed E-state index contributed by atoms with van der Waals surface area (Å²) in [6.07, 6.45) is 1.68. The molecule has 0 radical (unpaired) electrons. The molecule has 0 atom stereocenters. The van der Waals surface area contributed by atoms with Crippen molar-refractivity contribution in [3.63, 3.8) is 0 Å². The van der Waals surface area contributed by atoms with E-state index in [1.165, 1.54) is 0 Å². The molecule has 0 bridgehead atoms. The molecule has 0 saturated carbocycles. The fourth-order valence-corrected chi connectivity index (χ4v) is 1.87. The zero-order valence-corrected chi connectivity index (χ0v) is 11.2. The van der Waals surface area contributed by atoms with Crippen LogP contribution in [0.1, 0.15) is 0 Å². The Hall–Kier alpha value is -1.14. The molecular formula is C11H14BrN3O2. The van der Waals surface area contributed by atoms with E-state index in [0.29, 0.717) is 32.1 Å². The Morgan fingerprint density at radius 2 is 2.18 bits per heavy atom. The van der Waals surface area contributed by atoms with Gasteiger partial charge in [0.15, 0.2) is 0 Å². The molecule has 1 aliphatic rings. The maximum Gasteiger partial charge on any atom is 0.325 e. The van der Waals surface area contributed by atoms with Crippen LogP contribution in [0.15, 0.2) is 22.8 Å². The third kappa shape index (κ3) is 2.95. The predicted octanol–water partition coefficient (Wildman–Crippen LogP) is 1.73. The number of hydrogen-bond acceptors (Lipinski definition) is 3. The van der Waals surface area contributed by atoms with Gasteiger partial charge in [-0.3, -0.25) is 4.90 Å². The fraction of sp³-hybridized carbons (Fsp3) is 0.455. The first kappa shape index (κ1) is 12.3. The lowest BCUT2D eigenvalue weighted by molar-refractivity contribution is 0.0551. The standard InChI is InChI=1S/C11H14BrN3O2/c1-14(10-3-2-9(12)8-13-10)11(16)15-4-6-17-7-5-15/h2-3,8H,4-7H2,1H3. The summed E-state index contributed by atoms with van der Waals surface area (Å²) in [6, 6.07) is 3.64. The molecule has 0 spiro atoms. The highest BCUT2D eigenvalue weighted by atomic mass is 79.9. The molecule has 1 fully saturated rings. The van der Waals surface area contributed by atoms with Gasteiger partial charge in [0.2, 0.25) is 0 Å². The predicted molar refractivity (Wildman–Crippen MR) is 68.1 cm³/mol. The number of anilines is 1. The number of amides is 2. The van der Waals surface area contributed by atoms with Crippen LogP contribution >= 0.6 is 15.9 Å². The molecule has 17 heavy (non-hydrogen) atoms. The summed E-state index contributed by atoms with van der Waals surface area (Å²) in [4.78, 5) is 19.6. The normalized spacial score (nSPS) is 15.8. The van der Waals surface area contributed by atoms with Crippen molar-refractivity contribution in [1.29, 1.82) is 0 Å². The van der Waals surface area contributed by atoms with Crippen molar-refractivity contribution in [1.82, 2.24) is 9.88 Å². The van der Waals surface area contributed by atoms with Crippen LogP contribution in [0, 0.1) is 0 Å². The van der Waals surface area contributed by atoms with Gasteiger partial charge in [-0.15, -0.1) is 0 Å². The minimum absolute atomic E-state index is 0.0388. The van der Waals surface area contributed by atoms with E-state index in [1.54, 1.807) is 23.0 Å². The summed E-state index contributed by atoms with van der Waals surface area (Å²) in [7, 11) is 1.73. The average Bonchev–Trinajstić information content (AvgIpc) is 2.39. The van der Waals surface area contributed by atoms with Crippen LogP contribution in [-0.4, -0.2) is 49.3 Å². The van der Waals surface area contributed by atoms with Crippen LogP contribution < -0.4 is 4.90 Å². The van der Waals surface area contributed by atoms with E-state index < -0.39 is 0 Å². The highest BCUT2D eigenvalue weighted by Crippen LogP contribution is 2.15. The second kappa shape index (κ2) is 5.46. The number of nitrogens with zero attached hydrogens (tertiary/aromatic N) is 3. The van der Waals surface area contributed by atoms with Crippen LogP contribution in [0.5, 0.6) is 0 Å². The van der Waals surface area contributed by atoms with E-state index in [-0.39, 0.29) is 6.03 Å². The van der Waals surface area contributed by atoms with Crippen LogP contribution in [0.4, 0.5) is 10.6 Å². The fourth-order valence-electron chi connectivity index (χ4n) is 1.63. The third-order valence-electron chi connectivity index (χ3n) is 2.62. The Morgan fingerprint density at radius 1 is 1.47 bits per heavy atom. The summed E-state index contributed by atoms with van der Waals surface area (Å²) in [5, 5.41) is 0. The van der Waals surface area contributed by atoms with Gasteiger partial charge in [0.1, 0.15) is 5.82 Å². The largest absolute Gasteiger partial charge is 0.378 e. The molecular weight excluding hydrogens is 286 g/mol. The maximum atomic E-state index is 12.1. The molecule has 2 amide bonds. The number of hydrogen-bond donors (Lipinski definition) is 0. The minimum atomic E-state index is -0.0388.